The molecule has 24 heavy (non-hydrogen) atoms. The first-order chi connectivity index (χ1) is 11.8. The van der Waals surface area contributed by atoms with Gasteiger partial charge in [-0.2, -0.15) is 5.10 Å². The van der Waals surface area contributed by atoms with Crippen LogP contribution >= 0.6 is 11.6 Å². The summed E-state index contributed by atoms with van der Waals surface area (Å²) in [6, 6.07) is 7.91. The molecule has 1 aromatic carbocycles. The van der Waals surface area contributed by atoms with Crippen LogP contribution in [0.4, 0.5) is 0 Å². The van der Waals surface area contributed by atoms with Gasteiger partial charge in [0.15, 0.2) is 0 Å². The molecule has 0 N–H and O–H groups in total. The first kappa shape index (κ1) is 15.7. The number of nitrogens with zero attached hydrogens (tertiary/aromatic N) is 2. The molecule has 0 spiro atoms. The standard InChI is InChI=1S/C20H21ClN2O/c21-16-7-9-17(10-8-16)23-19-6-4-2-1-3-5-18(19)20(22-23)15-11-13-24-14-12-15/h1,3,5-10,15H,2,4,11-14H2. The lowest BCUT2D eigenvalue weighted by molar-refractivity contribution is 0.0842. The lowest BCUT2D eigenvalue weighted by Crippen LogP contribution is -2.31. The van der Waals surface area contributed by atoms with E-state index in [1.54, 1.807) is 0 Å². The summed E-state index contributed by atoms with van der Waals surface area (Å²) in [6.45, 7) is 1.65. The molecule has 124 valence electrons. The number of hydrogen-bond acceptors (Lipinski definition) is 2. The molecular formula is C20H21ClN2O. The fourth-order valence-corrected chi connectivity index (χ4v) is 3.58. The van der Waals surface area contributed by atoms with Gasteiger partial charge in [-0.05, 0) is 49.9 Å². The lowest BCUT2D eigenvalue weighted by atomic mass is 9.95. The summed E-state index contributed by atoms with van der Waals surface area (Å²) in [4.78, 5) is 0. The van der Waals surface area contributed by atoms with Gasteiger partial charge < -0.3 is 4.74 Å². The number of aromatic nitrogens is 2. The van der Waals surface area contributed by atoms with Crippen LogP contribution in [0.5, 0.6) is 0 Å². The Bertz CT molecular complexity index is 858. The highest BCUT2D eigenvalue weighted by Crippen LogP contribution is 2.23. The molecule has 0 atom stereocenters. The SMILES string of the molecule is Clc1ccc(-n2nc(C3CCOCC3)c3c2=CCCC=CC=3)cc1. The summed E-state index contributed by atoms with van der Waals surface area (Å²) in [5.74, 6) is 0.471. The minimum Gasteiger partial charge on any atom is -0.381 e. The Hall–Kier alpha value is -1.84. The predicted molar refractivity (Wildman–Crippen MR) is 97.9 cm³/mol. The fourth-order valence-electron chi connectivity index (χ4n) is 3.46. The molecular weight excluding hydrogens is 320 g/mol. The van der Waals surface area contributed by atoms with Crippen LogP contribution in [0.1, 0.15) is 37.3 Å². The predicted octanol–water partition coefficient (Wildman–Crippen LogP) is 3.33. The third-order valence-corrected chi connectivity index (χ3v) is 4.99. The molecule has 0 unspecified atom stereocenters. The number of rotatable bonds is 2. The molecule has 0 bridgehead atoms. The molecule has 4 heteroatoms. The largest absolute Gasteiger partial charge is 0.381 e. The van der Waals surface area contributed by atoms with E-state index < -0.39 is 0 Å². The highest BCUT2D eigenvalue weighted by atomic mass is 35.5. The number of halogens is 1. The van der Waals surface area contributed by atoms with Crippen LogP contribution in [0, 0.1) is 0 Å². The smallest absolute Gasteiger partial charge is 0.0740 e. The topological polar surface area (TPSA) is 27.1 Å². The maximum atomic E-state index is 6.05. The number of benzene rings is 1. The third-order valence-electron chi connectivity index (χ3n) is 4.74. The summed E-state index contributed by atoms with van der Waals surface area (Å²) in [5, 5.41) is 8.22. The minimum absolute atomic E-state index is 0.471. The van der Waals surface area contributed by atoms with Crippen molar-refractivity contribution < 1.29 is 4.74 Å². The third kappa shape index (κ3) is 3.06. The van der Waals surface area contributed by atoms with Crippen LogP contribution in [0.15, 0.2) is 36.4 Å². The molecule has 4 rings (SSSR count). The second-order valence-electron chi connectivity index (χ2n) is 6.34. The molecule has 0 radical (unpaired) electrons. The average Bonchev–Trinajstić information content (AvgIpc) is 2.93. The summed E-state index contributed by atoms with van der Waals surface area (Å²) >= 11 is 6.05. The van der Waals surface area contributed by atoms with E-state index in [2.05, 4.69) is 29.0 Å². The first-order valence-electron chi connectivity index (χ1n) is 8.62. The van der Waals surface area contributed by atoms with Crippen LogP contribution in [0.25, 0.3) is 17.8 Å². The molecule has 1 aliphatic heterocycles. The van der Waals surface area contributed by atoms with Crippen molar-refractivity contribution in [2.75, 3.05) is 13.2 Å². The van der Waals surface area contributed by atoms with E-state index in [1.165, 1.54) is 16.3 Å². The second kappa shape index (κ2) is 6.96. The van der Waals surface area contributed by atoms with Crippen molar-refractivity contribution in [3.63, 3.8) is 0 Å². The van der Waals surface area contributed by atoms with E-state index in [1.807, 2.05) is 24.3 Å². The monoisotopic (exact) mass is 340 g/mol. The Kier molecular flexibility index (Phi) is 4.54. The van der Waals surface area contributed by atoms with Gasteiger partial charge in [-0.1, -0.05) is 35.9 Å². The highest BCUT2D eigenvalue weighted by molar-refractivity contribution is 6.30. The maximum absolute atomic E-state index is 6.05. The molecule has 2 aliphatic rings. The zero-order valence-corrected chi connectivity index (χ0v) is 14.4. The summed E-state index contributed by atoms with van der Waals surface area (Å²) < 4.78 is 7.61. The quantitative estimate of drug-likeness (QED) is 0.838. The van der Waals surface area contributed by atoms with E-state index in [0.717, 1.165) is 49.6 Å². The van der Waals surface area contributed by atoms with Gasteiger partial charge in [0.1, 0.15) is 0 Å². The molecule has 2 heterocycles. The van der Waals surface area contributed by atoms with Crippen molar-refractivity contribution >= 4 is 23.8 Å². The molecule has 0 saturated carbocycles. The second-order valence-corrected chi connectivity index (χ2v) is 6.77. The molecule has 3 nitrogen and oxygen atoms in total. The molecule has 0 amide bonds. The van der Waals surface area contributed by atoms with Crippen molar-refractivity contribution in [1.29, 1.82) is 0 Å². The first-order valence-corrected chi connectivity index (χ1v) is 9.00. The van der Waals surface area contributed by atoms with Crippen LogP contribution < -0.4 is 10.6 Å². The van der Waals surface area contributed by atoms with Gasteiger partial charge in [0, 0.05) is 29.4 Å². The number of fused-ring (bicyclic) bond motifs is 1. The Morgan fingerprint density at radius 3 is 2.67 bits per heavy atom. The van der Waals surface area contributed by atoms with Gasteiger partial charge in [0.05, 0.1) is 16.7 Å². The van der Waals surface area contributed by atoms with E-state index in [9.17, 15) is 0 Å². The normalized spacial score (nSPS) is 18.2. The van der Waals surface area contributed by atoms with Crippen LogP contribution in [0.2, 0.25) is 5.02 Å². The van der Waals surface area contributed by atoms with Gasteiger partial charge in [-0.15, -0.1) is 0 Å². The number of allylic oxidation sites excluding steroid dienone is 2. The van der Waals surface area contributed by atoms with Gasteiger partial charge in [0.2, 0.25) is 0 Å². The number of hydrogen-bond donors (Lipinski definition) is 0. The highest BCUT2D eigenvalue weighted by Gasteiger charge is 2.21. The average molecular weight is 341 g/mol. The van der Waals surface area contributed by atoms with Crippen LogP contribution in [0.3, 0.4) is 0 Å². The zero-order valence-electron chi connectivity index (χ0n) is 13.6. The summed E-state index contributed by atoms with van der Waals surface area (Å²) in [6.07, 6.45) is 13.1. The van der Waals surface area contributed by atoms with Crippen molar-refractivity contribution in [3.05, 3.63) is 57.7 Å². The molecule has 2 aromatic rings. The van der Waals surface area contributed by atoms with E-state index in [-0.39, 0.29) is 0 Å². The van der Waals surface area contributed by atoms with E-state index >= 15 is 0 Å². The number of ether oxygens (including phenoxy) is 1. The van der Waals surface area contributed by atoms with Crippen molar-refractivity contribution in [2.45, 2.75) is 31.6 Å². The van der Waals surface area contributed by atoms with Gasteiger partial charge in [0.25, 0.3) is 0 Å². The van der Waals surface area contributed by atoms with Gasteiger partial charge in [-0.3, -0.25) is 0 Å². The zero-order chi connectivity index (χ0) is 16.4. The van der Waals surface area contributed by atoms with E-state index in [0.29, 0.717) is 5.92 Å². The molecule has 1 aromatic heterocycles. The Balaban J connectivity index is 1.91. The Labute approximate surface area is 146 Å². The molecule has 1 aliphatic carbocycles. The Morgan fingerprint density at radius 1 is 1.08 bits per heavy atom. The summed E-state index contributed by atoms with van der Waals surface area (Å²) in [5.41, 5.74) is 2.26. The van der Waals surface area contributed by atoms with Crippen LogP contribution in [-0.4, -0.2) is 23.0 Å². The van der Waals surface area contributed by atoms with Crippen molar-refractivity contribution in [1.82, 2.24) is 9.78 Å². The maximum Gasteiger partial charge on any atom is 0.0740 e. The van der Waals surface area contributed by atoms with E-state index in [4.69, 9.17) is 21.4 Å². The summed E-state index contributed by atoms with van der Waals surface area (Å²) in [7, 11) is 0. The fraction of sp³-hybridized carbons (Fsp3) is 0.350. The van der Waals surface area contributed by atoms with Gasteiger partial charge in [-0.25, -0.2) is 4.68 Å². The van der Waals surface area contributed by atoms with Crippen molar-refractivity contribution in [2.24, 2.45) is 0 Å². The van der Waals surface area contributed by atoms with Crippen molar-refractivity contribution in [3.8, 4) is 5.69 Å². The molecule has 1 fully saturated rings. The molecule has 1 saturated heterocycles. The minimum atomic E-state index is 0.471. The Morgan fingerprint density at radius 2 is 1.88 bits per heavy atom. The lowest BCUT2D eigenvalue weighted by Gasteiger charge is -2.20. The van der Waals surface area contributed by atoms with Crippen LogP contribution in [-0.2, 0) is 4.74 Å². The van der Waals surface area contributed by atoms with Gasteiger partial charge >= 0.3 is 0 Å².